The van der Waals surface area contributed by atoms with Gasteiger partial charge in [0.1, 0.15) is 5.69 Å². The molecule has 30 heavy (non-hydrogen) atoms. The highest BCUT2D eigenvalue weighted by Crippen LogP contribution is 2.40. The third-order valence-electron chi connectivity index (χ3n) is 5.24. The molecule has 0 spiro atoms. The second-order valence-corrected chi connectivity index (χ2v) is 7.05. The van der Waals surface area contributed by atoms with E-state index < -0.39 is 5.97 Å². The lowest BCUT2D eigenvalue weighted by atomic mass is 10.1. The minimum atomic E-state index is -1.11. The lowest BCUT2D eigenvalue weighted by Crippen LogP contribution is -2.48. The Balaban J connectivity index is 1.54. The van der Waals surface area contributed by atoms with Crippen molar-refractivity contribution in [3.05, 3.63) is 54.7 Å². The highest BCUT2D eigenvalue weighted by molar-refractivity contribution is 6.04. The maximum atomic E-state index is 13.1. The van der Waals surface area contributed by atoms with E-state index in [1.54, 1.807) is 11.0 Å². The zero-order valence-corrected chi connectivity index (χ0v) is 15.8. The number of amides is 2. The van der Waals surface area contributed by atoms with E-state index in [4.69, 9.17) is 4.98 Å². The number of carbonyl (C=O) groups is 2. The van der Waals surface area contributed by atoms with Gasteiger partial charge in [0, 0.05) is 37.2 Å². The summed E-state index contributed by atoms with van der Waals surface area (Å²) in [6, 6.07) is 6.58. The molecule has 0 saturated carbocycles. The fourth-order valence-electron chi connectivity index (χ4n) is 3.87. The molecule has 2 bridgehead atoms. The van der Waals surface area contributed by atoms with Crippen molar-refractivity contribution in [1.82, 2.24) is 19.9 Å². The lowest BCUT2D eigenvalue weighted by Gasteiger charge is -2.35. The molecule has 1 atom stereocenters. The Bertz CT molecular complexity index is 1140. The summed E-state index contributed by atoms with van der Waals surface area (Å²) in [5.74, 6) is -0.207. The molecule has 5 heterocycles. The van der Waals surface area contributed by atoms with E-state index in [0.29, 0.717) is 22.9 Å². The number of carboxylic acids is 1. The normalized spacial score (nSPS) is 16.9. The molecule has 2 amide bonds. The Kier molecular flexibility index (Phi) is 4.24. The van der Waals surface area contributed by atoms with Gasteiger partial charge in [-0.1, -0.05) is 0 Å². The lowest BCUT2D eigenvalue weighted by molar-refractivity contribution is 0.0690. The topological polar surface area (TPSA) is 124 Å². The number of pyridine rings is 2. The molecular weight excluding hydrogens is 386 g/mol. The molecule has 5 rings (SSSR count). The van der Waals surface area contributed by atoms with Crippen LogP contribution in [0.25, 0.3) is 11.3 Å². The summed E-state index contributed by atoms with van der Waals surface area (Å²) in [6.07, 6.45) is 6.80. The smallest absolute Gasteiger partial charge is 0.354 e. The number of nitrogens with one attached hydrogen (secondary N) is 1. The van der Waals surface area contributed by atoms with Crippen molar-refractivity contribution in [2.45, 2.75) is 12.5 Å². The van der Waals surface area contributed by atoms with Crippen molar-refractivity contribution in [3.8, 4) is 11.3 Å². The zero-order valence-electron chi connectivity index (χ0n) is 15.8. The Labute approximate surface area is 171 Å². The van der Waals surface area contributed by atoms with Crippen LogP contribution in [0.1, 0.15) is 16.9 Å². The third-order valence-corrected chi connectivity index (χ3v) is 5.24. The Morgan fingerprint density at radius 3 is 2.83 bits per heavy atom. The first-order valence-electron chi connectivity index (χ1n) is 9.42. The first-order valence-corrected chi connectivity index (χ1v) is 9.42. The number of carbonyl (C=O) groups excluding carboxylic acids is 1. The molecule has 2 N–H and O–H groups in total. The van der Waals surface area contributed by atoms with Crippen molar-refractivity contribution in [3.63, 3.8) is 0 Å². The van der Waals surface area contributed by atoms with E-state index in [-0.39, 0.29) is 17.8 Å². The van der Waals surface area contributed by atoms with Gasteiger partial charge in [0.05, 0.1) is 23.6 Å². The molecule has 0 unspecified atom stereocenters. The Hall–Kier alpha value is -4.08. The predicted molar refractivity (Wildman–Crippen MR) is 109 cm³/mol. The number of hydrogen-bond donors (Lipinski definition) is 2. The summed E-state index contributed by atoms with van der Waals surface area (Å²) in [7, 11) is 0. The van der Waals surface area contributed by atoms with E-state index in [9.17, 15) is 14.7 Å². The monoisotopic (exact) mass is 403 g/mol. The van der Waals surface area contributed by atoms with Crippen LogP contribution in [0.5, 0.6) is 0 Å². The summed E-state index contributed by atoms with van der Waals surface area (Å²) in [5.41, 5.74) is 1.99. The first kappa shape index (κ1) is 18.0. The second-order valence-electron chi connectivity index (χ2n) is 7.05. The van der Waals surface area contributed by atoms with Gasteiger partial charge in [0.15, 0.2) is 11.6 Å². The van der Waals surface area contributed by atoms with Crippen LogP contribution < -0.4 is 15.1 Å². The molecule has 1 fully saturated rings. The summed E-state index contributed by atoms with van der Waals surface area (Å²) < 4.78 is 0. The van der Waals surface area contributed by atoms with Gasteiger partial charge in [-0.15, -0.1) is 0 Å². The number of carboxylic acid groups (broad SMARTS) is 1. The molecule has 2 aliphatic heterocycles. The fourth-order valence-corrected chi connectivity index (χ4v) is 3.87. The summed E-state index contributed by atoms with van der Waals surface area (Å²) in [6.45, 7) is 1.58. The molecule has 0 aromatic carbocycles. The van der Waals surface area contributed by atoms with E-state index in [2.05, 4.69) is 25.2 Å². The number of nitrogens with zero attached hydrogens (tertiary/aromatic N) is 6. The molecule has 150 valence electrons. The number of aromatic carboxylic acids is 1. The van der Waals surface area contributed by atoms with Gasteiger partial charge in [-0.05, 0) is 30.7 Å². The Morgan fingerprint density at radius 2 is 2.03 bits per heavy atom. The van der Waals surface area contributed by atoms with Gasteiger partial charge >= 0.3 is 12.0 Å². The van der Waals surface area contributed by atoms with Crippen LogP contribution in [0, 0.1) is 0 Å². The van der Waals surface area contributed by atoms with Crippen molar-refractivity contribution in [2.24, 2.45) is 0 Å². The minimum Gasteiger partial charge on any atom is -0.477 e. The van der Waals surface area contributed by atoms with E-state index in [1.807, 2.05) is 12.1 Å². The zero-order chi connectivity index (χ0) is 20.7. The minimum absolute atomic E-state index is 0.0102. The molecule has 2 aliphatic rings. The van der Waals surface area contributed by atoms with Gasteiger partial charge in [-0.2, -0.15) is 0 Å². The first-order chi connectivity index (χ1) is 14.6. The van der Waals surface area contributed by atoms with Crippen molar-refractivity contribution >= 4 is 29.3 Å². The van der Waals surface area contributed by atoms with Crippen LogP contribution in [0.15, 0.2) is 49.1 Å². The van der Waals surface area contributed by atoms with Gasteiger partial charge in [-0.25, -0.2) is 24.5 Å². The van der Waals surface area contributed by atoms with Gasteiger partial charge in [0.2, 0.25) is 0 Å². The molecule has 10 heteroatoms. The van der Waals surface area contributed by atoms with Crippen LogP contribution >= 0.6 is 0 Å². The van der Waals surface area contributed by atoms with Crippen molar-refractivity contribution in [1.29, 1.82) is 0 Å². The number of aromatic nitrogens is 4. The SMILES string of the molecule is O=C(O)c1cc(-c2ccc3c(n2)N(C(=O)Nc2cnccn2)[C@H]2CCN3C2)ccn1. The summed E-state index contributed by atoms with van der Waals surface area (Å²) in [5, 5.41) is 12.0. The van der Waals surface area contributed by atoms with Crippen LogP contribution in [-0.2, 0) is 0 Å². The van der Waals surface area contributed by atoms with Crippen molar-refractivity contribution < 1.29 is 14.7 Å². The average molecular weight is 403 g/mol. The van der Waals surface area contributed by atoms with Crippen LogP contribution in [0.4, 0.5) is 22.1 Å². The number of rotatable bonds is 3. The largest absolute Gasteiger partial charge is 0.477 e. The molecule has 0 radical (unpaired) electrons. The second kappa shape index (κ2) is 7.07. The van der Waals surface area contributed by atoms with E-state index >= 15 is 0 Å². The third kappa shape index (κ3) is 3.08. The van der Waals surface area contributed by atoms with Crippen LogP contribution in [-0.4, -0.2) is 56.2 Å². The van der Waals surface area contributed by atoms with Gasteiger partial charge in [-0.3, -0.25) is 15.2 Å². The standard InChI is InChI=1S/C20H17N7O3/c28-19(29)15-9-12(3-5-22-15)14-1-2-16-18(24-14)27(13-4-8-26(16)11-13)20(30)25-17-10-21-6-7-23-17/h1-3,5-7,9-10,13H,4,8,11H2,(H,28,29)(H,23,25,30)/t13-/m0/s1. The Morgan fingerprint density at radius 1 is 1.13 bits per heavy atom. The van der Waals surface area contributed by atoms with Crippen molar-refractivity contribution in [2.75, 3.05) is 28.2 Å². The number of anilines is 3. The van der Waals surface area contributed by atoms with Crippen LogP contribution in [0.3, 0.4) is 0 Å². The fraction of sp³-hybridized carbons (Fsp3) is 0.200. The van der Waals surface area contributed by atoms with E-state index in [0.717, 1.165) is 25.2 Å². The molecule has 1 saturated heterocycles. The molecule has 3 aromatic rings. The summed E-state index contributed by atoms with van der Waals surface area (Å²) >= 11 is 0. The summed E-state index contributed by atoms with van der Waals surface area (Å²) in [4.78, 5) is 44.9. The highest BCUT2D eigenvalue weighted by Gasteiger charge is 2.40. The van der Waals surface area contributed by atoms with E-state index in [1.165, 1.54) is 30.9 Å². The maximum Gasteiger partial charge on any atom is 0.354 e. The maximum absolute atomic E-state index is 13.1. The predicted octanol–water partition coefficient (Wildman–Crippen LogP) is 2.26. The van der Waals surface area contributed by atoms with Gasteiger partial charge < -0.3 is 10.0 Å². The number of fused-ring (bicyclic) bond motifs is 4. The number of hydrogen-bond acceptors (Lipinski definition) is 7. The quantitative estimate of drug-likeness (QED) is 0.682. The van der Waals surface area contributed by atoms with Gasteiger partial charge in [0.25, 0.3) is 0 Å². The molecule has 3 aromatic heterocycles. The highest BCUT2D eigenvalue weighted by atomic mass is 16.4. The molecule has 10 nitrogen and oxygen atoms in total. The molecular formula is C20H17N7O3. The number of urea groups is 1. The average Bonchev–Trinajstić information content (AvgIpc) is 3.18. The molecule has 0 aliphatic carbocycles. The van der Waals surface area contributed by atoms with Crippen LogP contribution in [0.2, 0.25) is 0 Å².